The van der Waals surface area contributed by atoms with Crippen LogP contribution in [0.4, 0.5) is 4.39 Å². The summed E-state index contributed by atoms with van der Waals surface area (Å²) in [5.41, 5.74) is 2.20. The Morgan fingerprint density at radius 2 is 2.07 bits per heavy atom. The van der Waals surface area contributed by atoms with Crippen molar-refractivity contribution in [1.82, 2.24) is 10.0 Å². The molecule has 2 atom stereocenters. The predicted octanol–water partition coefficient (Wildman–Crippen LogP) is 2.84. The Labute approximate surface area is 164 Å². The first-order chi connectivity index (χ1) is 12.8. The number of halogens is 1. The third-order valence-electron chi connectivity index (χ3n) is 5.51. The van der Waals surface area contributed by atoms with Crippen LogP contribution in [0, 0.1) is 23.1 Å². The van der Waals surface area contributed by atoms with Crippen LogP contribution in [0.3, 0.4) is 0 Å². The molecule has 1 aromatic carbocycles. The monoisotopic (exact) mass is 392 g/mol. The molecule has 148 valence electrons. The average Bonchev–Trinajstić information content (AvgIpc) is 2.89. The van der Waals surface area contributed by atoms with Crippen LogP contribution >= 0.6 is 0 Å². The summed E-state index contributed by atoms with van der Waals surface area (Å²) >= 11 is 0. The average molecular weight is 393 g/mol. The Morgan fingerprint density at radius 3 is 2.70 bits per heavy atom. The normalized spacial score (nSPS) is 22.2. The number of fused-ring (bicyclic) bond motifs is 1. The lowest BCUT2D eigenvalue weighted by Gasteiger charge is -2.40. The highest BCUT2D eigenvalue weighted by molar-refractivity contribution is 7.84. The summed E-state index contributed by atoms with van der Waals surface area (Å²) in [6.45, 7) is 7.97. The van der Waals surface area contributed by atoms with E-state index in [1.54, 1.807) is 7.11 Å². The highest BCUT2D eigenvalue weighted by Gasteiger charge is 2.48. The highest BCUT2D eigenvalue weighted by atomic mass is 32.2. The van der Waals surface area contributed by atoms with Crippen molar-refractivity contribution in [3.05, 3.63) is 34.6 Å². The zero-order valence-electron chi connectivity index (χ0n) is 16.6. The Kier molecular flexibility index (Phi) is 6.07. The van der Waals surface area contributed by atoms with Gasteiger partial charge in [0.25, 0.3) is 0 Å². The number of ether oxygens (including phenoxy) is 1. The fourth-order valence-electron chi connectivity index (χ4n) is 4.03. The van der Waals surface area contributed by atoms with Gasteiger partial charge in [-0.25, -0.2) is 13.3 Å². The molecule has 2 N–H and O–H groups in total. The zero-order chi connectivity index (χ0) is 19.7. The second-order valence-corrected chi connectivity index (χ2v) is 10.5. The minimum atomic E-state index is -1.23. The number of benzene rings is 1. The molecule has 27 heavy (non-hydrogen) atoms. The molecule has 1 aromatic rings. The maximum Gasteiger partial charge on any atom is 0.127 e. The largest absolute Gasteiger partial charge is 0.372 e. The molecule has 1 saturated heterocycles. The van der Waals surface area contributed by atoms with Crippen LogP contribution in [0.15, 0.2) is 12.1 Å². The Hall–Kier alpha value is -1.26. The molecule has 0 amide bonds. The van der Waals surface area contributed by atoms with E-state index in [-0.39, 0.29) is 22.0 Å². The summed E-state index contributed by atoms with van der Waals surface area (Å²) in [6, 6.07) is 3.35. The quantitative estimate of drug-likeness (QED) is 0.778. The molecule has 0 saturated carbocycles. The van der Waals surface area contributed by atoms with Gasteiger partial charge in [0, 0.05) is 12.7 Å². The van der Waals surface area contributed by atoms with Gasteiger partial charge in [0.2, 0.25) is 0 Å². The lowest BCUT2D eigenvalue weighted by molar-refractivity contribution is 0.164. The van der Waals surface area contributed by atoms with Crippen LogP contribution in [0.25, 0.3) is 0 Å². The number of rotatable bonds is 3. The van der Waals surface area contributed by atoms with E-state index in [1.807, 2.05) is 26.8 Å². The standard InChI is InChI=1S/C21H29FN2O2S/c1-20(2,3)27(25)24-19-16-12-15(6-5-11-26-4)13-18(22)17(16)14-21(19)7-9-23-10-8-21/h12-13,19,23-24H,7-11,14H2,1-4H3/t19-,27-/m1/s1. The van der Waals surface area contributed by atoms with Gasteiger partial charge < -0.3 is 10.1 Å². The molecular weight excluding hydrogens is 363 g/mol. The molecule has 0 bridgehead atoms. The predicted molar refractivity (Wildman–Crippen MR) is 107 cm³/mol. The van der Waals surface area contributed by atoms with Crippen molar-refractivity contribution in [2.45, 2.75) is 50.8 Å². The maximum absolute atomic E-state index is 14.9. The van der Waals surface area contributed by atoms with Crippen molar-refractivity contribution >= 4 is 11.0 Å². The molecule has 0 aromatic heterocycles. The van der Waals surface area contributed by atoms with Gasteiger partial charge in [-0.2, -0.15) is 0 Å². The molecule has 1 fully saturated rings. The number of hydrogen-bond acceptors (Lipinski definition) is 3. The first-order valence-electron chi connectivity index (χ1n) is 9.46. The van der Waals surface area contributed by atoms with Crippen molar-refractivity contribution in [3.8, 4) is 11.8 Å². The minimum absolute atomic E-state index is 0.103. The molecule has 0 unspecified atom stereocenters. The summed E-state index contributed by atoms with van der Waals surface area (Å²) in [7, 11) is 0.353. The molecule has 1 aliphatic heterocycles. The van der Waals surface area contributed by atoms with Gasteiger partial charge in [0.15, 0.2) is 0 Å². The molecule has 4 nitrogen and oxygen atoms in total. The van der Waals surface area contributed by atoms with E-state index in [1.165, 1.54) is 6.07 Å². The second-order valence-electron chi connectivity index (χ2n) is 8.48. The van der Waals surface area contributed by atoms with E-state index in [4.69, 9.17) is 4.74 Å². The summed E-state index contributed by atoms with van der Waals surface area (Å²) in [4.78, 5) is 0. The van der Waals surface area contributed by atoms with Crippen molar-refractivity contribution < 1.29 is 13.3 Å². The lowest BCUT2D eigenvalue weighted by Crippen LogP contribution is -2.46. The molecular formula is C21H29FN2O2S. The summed E-state index contributed by atoms with van der Waals surface area (Å²) < 4.78 is 35.7. The van der Waals surface area contributed by atoms with E-state index in [0.29, 0.717) is 18.6 Å². The smallest absolute Gasteiger partial charge is 0.127 e. The molecule has 1 heterocycles. The summed E-state index contributed by atoms with van der Waals surface area (Å²) in [5.74, 6) is 5.66. The third kappa shape index (κ3) is 4.27. The highest BCUT2D eigenvalue weighted by Crippen LogP contribution is 2.52. The molecule has 1 aliphatic carbocycles. The van der Waals surface area contributed by atoms with Crippen LogP contribution in [0.1, 0.15) is 56.3 Å². The van der Waals surface area contributed by atoms with Crippen molar-refractivity contribution in [2.75, 3.05) is 26.8 Å². The van der Waals surface area contributed by atoms with Crippen molar-refractivity contribution in [2.24, 2.45) is 5.41 Å². The molecule has 0 radical (unpaired) electrons. The first-order valence-corrected chi connectivity index (χ1v) is 10.6. The van der Waals surface area contributed by atoms with Crippen LogP contribution in [0.2, 0.25) is 0 Å². The number of hydrogen-bond donors (Lipinski definition) is 2. The third-order valence-corrected chi connectivity index (χ3v) is 7.07. The molecule has 2 aliphatic rings. The van der Waals surface area contributed by atoms with Gasteiger partial charge in [-0.1, -0.05) is 11.8 Å². The Balaban J connectivity index is 2.02. The SMILES string of the molecule is COCC#Cc1cc(F)c2c(c1)[C@@H](N[S@](=O)C(C)(C)C)C1(CCNCC1)C2. The molecule has 6 heteroatoms. The van der Waals surface area contributed by atoms with Crippen LogP contribution in [0.5, 0.6) is 0 Å². The van der Waals surface area contributed by atoms with E-state index in [0.717, 1.165) is 37.1 Å². The van der Waals surface area contributed by atoms with E-state index >= 15 is 0 Å². The van der Waals surface area contributed by atoms with E-state index < -0.39 is 11.0 Å². The van der Waals surface area contributed by atoms with Gasteiger partial charge in [-0.3, -0.25) is 0 Å². The fourth-order valence-corrected chi connectivity index (χ4v) is 4.98. The Bertz CT molecular complexity index is 786. The van der Waals surface area contributed by atoms with Gasteiger partial charge in [-0.15, -0.1) is 0 Å². The molecule has 1 spiro atoms. The molecule has 3 rings (SSSR count). The van der Waals surface area contributed by atoms with Gasteiger partial charge >= 0.3 is 0 Å². The van der Waals surface area contributed by atoms with E-state index in [2.05, 4.69) is 21.9 Å². The van der Waals surface area contributed by atoms with Crippen LogP contribution in [-0.2, 0) is 22.1 Å². The van der Waals surface area contributed by atoms with Crippen LogP contribution in [-0.4, -0.2) is 35.8 Å². The summed E-state index contributed by atoms with van der Waals surface area (Å²) in [5, 5.41) is 3.39. The van der Waals surface area contributed by atoms with Crippen molar-refractivity contribution in [3.63, 3.8) is 0 Å². The Morgan fingerprint density at radius 1 is 1.37 bits per heavy atom. The number of piperidine rings is 1. The fraction of sp³-hybridized carbons (Fsp3) is 0.619. The second kappa shape index (κ2) is 8.00. The van der Waals surface area contributed by atoms with Gasteiger partial charge in [0.1, 0.15) is 12.4 Å². The van der Waals surface area contributed by atoms with E-state index in [9.17, 15) is 8.60 Å². The maximum atomic E-state index is 14.9. The summed E-state index contributed by atoms with van der Waals surface area (Å²) in [6.07, 6.45) is 2.55. The van der Waals surface area contributed by atoms with Crippen LogP contribution < -0.4 is 10.0 Å². The van der Waals surface area contributed by atoms with Crippen molar-refractivity contribution in [1.29, 1.82) is 0 Å². The first kappa shape index (κ1) is 20.5. The number of nitrogens with one attached hydrogen (secondary N) is 2. The topological polar surface area (TPSA) is 50.4 Å². The van der Waals surface area contributed by atoms with Gasteiger partial charge in [0.05, 0.1) is 21.8 Å². The lowest BCUT2D eigenvalue weighted by atomic mass is 9.73. The zero-order valence-corrected chi connectivity index (χ0v) is 17.4. The minimum Gasteiger partial charge on any atom is -0.372 e. The number of methoxy groups -OCH3 is 1. The van der Waals surface area contributed by atoms with Gasteiger partial charge in [-0.05, 0) is 81.8 Å².